The highest BCUT2D eigenvalue weighted by atomic mass is 16.5. The first-order chi connectivity index (χ1) is 16.5. The van der Waals surface area contributed by atoms with E-state index >= 15 is 0 Å². The van der Waals surface area contributed by atoms with Crippen LogP contribution in [0.15, 0.2) is 48.0 Å². The first-order valence-electron chi connectivity index (χ1n) is 11.9. The number of likely N-dealkylation sites (tertiary alicyclic amines) is 1. The van der Waals surface area contributed by atoms with Gasteiger partial charge in [-0.15, -0.1) is 0 Å². The van der Waals surface area contributed by atoms with Crippen molar-refractivity contribution in [2.24, 2.45) is 0 Å². The smallest absolute Gasteiger partial charge is 0.295 e. The molecule has 188 valence electrons. The van der Waals surface area contributed by atoms with Crippen LogP contribution in [0.2, 0.25) is 0 Å². The molecule has 1 saturated heterocycles. The Balaban J connectivity index is 2.15. The molecule has 1 amide bonds. The molecule has 2 aromatic carbocycles. The number of benzene rings is 2. The van der Waals surface area contributed by atoms with Gasteiger partial charge in [0.2, 0.25) is 0 Å². The molecule has 0 bridgehead atoms. The van der Waals surface area contributed by atoms with Crippen molar-refractivity contribution in [2.45, 2.75) is 59.1 Å². The molecule has 1 atom stereocenters. The summed E-state index contributed by atoms with van der Waals surface area (Å²) in [6.07, 6.45) is -0.0291. The van der Waals surface area contributed by atoms with Gasteiger partial charge in [0.05, 0.1) is 30.9 Å². The standard InChI is InChI=1S/C28H35NO6/c1-7-34-22-13-10-19(16-21(22)28(4,5)6)25(31)23-24(18-8-11-20(30)12-9-18)29(27(33)26(23)32)14-15-35-17(2)3/h8-13,16-17,24,30-31H,7,14-15H2,1-6H3/b25-23-. The Hall–Kier alpha value is -3.32. The highest BCUT2D eigenvalue weighted by Crippen LogP contribution is 2.41. The van der Waals surface area contributed by atoms with E-state index in [1.54, 1.807) is 24.3 Å². The fourth-order valence-corrected chi connectivity index (χ4v) is 4.20. The molecule has 2 aromatic rings. The number of aliphatic hydroxyl groups is 1. The van der Waals surface area contributed by atoms with Crippen molar-refractivity contribution >= 4 is 17.4 Å². The van der Waals surface area contributed by atoms with E-state index in [0.29, 0.717) is 23.5 Å². The Labute approximate surface area is 207 Å². The third-order valence-electron chi connectivity index (χ3n) is 5.89. The van der Waals surface area contributed by atoms with E-state index in [9.17, 15) is 19.8 Å². The zero-order chi connectivity index (χ0) is 25.9. The van der Waals surface area contributed by atoms with E-state index in [0.717, 1.165) is 5.56 Å². The van der Waals surface area contributed by atoms with Gasteiger partial charge in [0.25, 0.3) is 11.7 Å². The second-order valence-corrected chi connectivity index (χ2v) is 9.90. The van der Waals surface area contributed by atoms with Gasteiger partial charge < -0.3 is 24.6 Å². The Bertz CT molecular complexity index is 1110. The highest BCUT2D eigenvalue weighted by molar-refractivity contribution is 6.46. The highest BCUT2D eigenvalue weighted by Gasteiger charge is 2.46. The van der Waals surface area contributed by atoms with E-state index in [1.807, 2.05) is 47.6 Å². The van der Waals surface area contributed by atoms with E-state index in [1.165, 1.54) is 17.0 Å². The Morgan fingerprint density at radius 1 is 1.09 bits per heavy atom. The zero-order valence-electron chi connectivity index (χ0n) is 21.3. The quantitative estimate of drug-likeness (QED) is 0.315. The lowest BCUT2D eigenvalue weighted by atomic mass is 9.84. The molecule has 0 radical (unpaired) electrons. The van der Waals surface area contributed by atoms with Crippen LogP contribution in [0.4, 0.5) is 0 Å². The van der Waals surface area contributed by atoms with Crippen molar-refractivity contribution in [3.05, 3.63) is 64.7 Å². The third-order valence-corrected chi connectivity index (χ3v) is 5.89. The first kappa shape index (κ1) is 26.3. The lowest BCUT2D eigenvalue weighted by molar-refractivity contribution is -0.140. The van der Waals surface area contributed by atoms with Crippen molar-refractivity contribution in [3.8, 4) is 11.5 Å². The van der Waals surface area contributed by atoms with Gasteiger partial charge in [-0.2, -0.15) is 0 Å². The summed E-state index contributed by atoms with van der Waals surface area (Å²) in [5.41, 5.74) is 1.64. The summed E-state index contributed by atoms with van der Waals surface area (Å²) in [6, 6.07) is 10.8. The molecule has 0 aliphatic carbocycles. The number of phenolic OH excluding ortho intramolecular Hbond substituents is 1. The molecule has 35 heavy (non-hydrogen) atoms. The van der Waals surface area contributed by atoms with Crippen LogP contribution >= 0.6 is 0 Å². The summed E-state index contributed by atoms with van der Waals surface area (Å²) >= 11 is 0. The van der Waals surface area contributed by atoms with Gasteiger partial charge in [0, 0.05) is 17.7 Å². The largest absolute Gasteiger partial charge is 0.508 e. The number of ether oxygens (including phenoxy) is 2. The van der Waals surface area contributed by atoms with Crippen LogP contribution in [0.5, 0.6) is 11.5 Å². The number of rotatable bonds is 8. The number of hydrogen-bond acceptors (Lipinski definition) is 6. The molecular formula is C28H35NO6. The van der Waals surface area contributed by atoms with Gasteiger partial charge in [-0.1, -0.05) is 32.9 Å². The lowest BCUT2D eigenvalue weighted by Crippen LogP contribution is -2.33. The number of carbonyl (C=O) groups excluding carboxylic acids is 2. The predicted molar refractivity (Wildman–Crippen MR) is 135 cm³/mol. The number of phenols is 1. The SMILES string of the molecule is CCOc1ccc(/C(O)=C2/C(=O)C(=O)N(CCOC(C)C)C2c2ccc(O)cc2)cc1C(C)(C)C. The number of ketones is 1. The van der Waals surface area contributed by atoms with Crippen molar-refractivity contribution in [2.75, 3.05) is 19.8 Å². The summed E-state index contributed by atoms with van der Waals surface area (Å²) in [4.78, 5) is 27.7. The van der Waals surface area contributed by atoms with Gasteiger partial charge in [0.15, 0.2) is 0 Å². The Morgan fingerprint density at radius 2 is 1.74 bits per heavy atom. The molecule has 7 heteroatoms. The minimum Gasteiger partial charge on any atom is -0.508 e. The normalized spacial score (nSPS) is 17.9. The molecule has 2 N–H and O–H groups in total. The average molecular weight is 482 g/mol. The number of amides is 1. The molecule has 3 rings (SSSR count). The number of aliphatic hydroxyl groups excluding tert-OH is 1. The van der Waals surface area contributed by atoms with Crippen LogP contribution in [0.1, 0.15) is 64.3 Å². The van der Waals surface area contributed by atoms with Gasteiger partial charge in [-0.25, -0.2) is 0 Å². The van der Waals surface area contributed by atoms with Crippen LogP contribution in [0.25, 0.3) is 5.76 Å². The fraction of sp³-hybridized carbons (Fsp3) is 0.429. The number of carbonyl (C=O) groups is 2. The van der Waals surface area contributed by atoms with Crippen LogP contribution in [-0.2, 0) is 19.7 Å². The van der Waals surface area contributed by atoms with E-state index in [4.69, 9.17) is 9.47 Å². The average Bonchev–Trinajstić information content (AvgIpc) is 3.03. The third kappa shape index (κ3) is 5.68. The van der Waals surface area contributed by atoms with E-state index in [2.05, 4.69) is 0 Å². The first-order valence-corrected chi connectivity index (χ1v) is 11.9. The summed E-state index contributed by atoms with van der Waals surface area (Å²) in [5.74, 6) is -0.925. The zero-order valence-corrected chi connectivity index (χ0v) is 21.3. The van der Waals surface area contributed by atoms with Crippen molar-refractivity contribution in [1.82, 2.24) is 4.90 Å². The molecule has 0 aromatic heterocycles. The van der Waals surface area contributed by atoms with E-state index in [-0.39, 0.29) is 41.8 Å². The summed E-state index contributed by atoms with van der Waals surface area (Å²) in [6.45, 7) is 12.7. The minimum atomic E-state index is -0.809. The summed E-state index contributed by atoms with van der Waals surface area (Å²) in [5, 5.41) is 21.2. The number of nitrogens with zero attached hydrogens (tertiary/aromatic N) is 1. The molecule has 0 saturated carbocycles. The van der Waals surface area contributed by atoms with Crippen molar-refractivity contribution in [1.29, 1.82) is 0 Å². The molecule has 1 unspecified atom stereocenters. The molecule has 1 aliphatic heterocycles. The maximum atomic E-state index is 13.2. The lowest BCUT2D eigenvalue weighted by Gasteiger charge is -2.26. The van der Waals surface area contributed by atoms with Crippen LogP contribution in [0.3, 0.4) is 0 Å². The number of Topliss-reactive ketones (excluding diaryl/α,β-unsaturated/α-hetero) is 1. The Morgan fingerprint density at radius 3 is 2.31 bits per heavy atom. The van der Waals surface area contributed by atoms with Gasteiger partial charge >= 0.3 is 0 Å². The monoisotopic (exact) mass is 481 g/mol. The molecule has 1 heterocycles. The maximum Gasteiger partial charge on any atom is 0.295 e. The van der Waals surface area contributed by atoms with Crippen LogP contribution in [0, 0.1) is 0 Å². The number of hydrogen-bond donors (Lipinski definition) is 2. The summed E-state index contributed by atoms with van der Waals surface area (Å²) < 4.78 is 11.4. The Kier molecular flexibility index (Phi) is 7.90. The van der Waals surface area contributed by atoms with Gasteiger partial charge in [-0.3, -0.25) is 9.59 Å². The topological polar surface area (TPSA) is 96.3 Å². The molecule has 0 spiro atoms. The van der Waals surface area contributed by atoms with Crippen molar-refractivity contribution < 1.29 is 29.3 Å². The summed E-state index contributed by atoms with van der Waals surface area (Å²) in [7, 11) is 0. The van der Waals surface area contributed by atoms with Crippen LogP contribution in [-0.4, -0.2) is 52.7 Å². The minimum absolute atomic E-state index is 0.00857. The molecular weight excluding hydrogens is 446 g/mol. The van der Waals surface area contributed by atoms with Crippen LogP contribution < -0.4 is 4.74 Å². The second-order valence-electron chi connectivity index (χ2n) is 9.90. The fourth-order valence-electron chi connectivity index (χ4n) is 4.20. The predicted octanol–water partition coefficient (Wildman–Crippen LogP) is 4.94. The molecule has 1 fully saturated rings. The number of aromatic hydroxyl groups is 1. The van der Waals surface area contributed by atoms with Gasteiger partial charge in [-0.05, 0) is 62.1 Å². The molecule has 1 aliphatic rings. The molecule has 7 nitrogen and oxygen atoms in total. The van der Waals surface area contributed by atoms with Crippen molar-refractivity contribution in [3.63, 3.8) is 0 Å². The maximum absolute atomic E-state index is 13.2. The van der Waals surface area contributed by atoms with E-state index < -0.39 is 17.7 Å². The second kappa shape index (κ2) is 10.5. The van der Waals surface area contributed by atoms with Gasteiger partial charge in [0.1, 0.15) is 17.3 Å².